The number of hydrogen-bond acceptors (Lipinski definition) is 3. The minimum Gasteiger partial charge on any atom is -0.469 e. The predicted molar refractivity (Wildman–Crippen MR) is 88.2 cm³/mol. The van der Waals surface area contributed by atoms with Crippen molar-refractivity contribution in [2.75, 3.05) is 7.11 Å². The van der Waals surface area contributed by atoms with E-state index in [2.05, 4.69) is 0 Å². The minimum atomic E-state index is -0.357. The smallest absolute Gasteiger partial charge is 0.312 e. The van der Waals surface area contributed by atoms with Crippen molar-refractivity contribution in [1.29, 1.82) is 0 Å². The molecule has 3 rings (SSSR count). The lowest BCUT2D eigenvalue weighted by atomic mass is 9.98. The Hall–Kier alpha value is -2.68. The van der Waals surface area contributed by atoms with Crippen LogP contribution in [0.3, 0.4) is 0 Å². The maximum absolute atomic E-state index is 12.7. The number of benzene rings is 2. The second-order valence-corrected chi connectivity index (χ2v) is 5.34. The molecule has 0 aliphatic carbocycles. The molecular weight excluding hydrogens is 276 g/mol. The highest BCUT2D eigenvalue weighted by Gasteiger charge is 2.16. The Morgan fingerprint density at radius 1 is 0.955 bits per heavy atom. The number of rotatable bonds is 2. The Morgan fingerprint density at radius 3 is 2.41 bits per heavy atom. The second kappa shape index (κ2) is 5.60. The Balaban J connectivity index is 2.28. The summed E-state index contributed by atoms with van der Waals surface area (Å²) >= 11 is 0. The normalized spacial score (nSPS) is 12.3. The van der Waals surface area contributed by atoms with E-state index in [1.165, 1.54) is 7.11 Å². The summed E-state index contributed by atoms with van der Waals surface area (Å²) in [5.74, 6) is -0.642. The average molecular weight is 292 g/mol. The quantitative estimate of drug-likeness (QED) is 0.677. The predicted octanol–water partition coefficient (Wildman–Crippen LogP) is 3.63. The van der Waals surface area contributed by atoms with Crippen molar-refractivity contribution in [2.45, 2.75) is 12.8 Å². The lowest BCUT2D eigenvalue weighted by Crippen LogP contribution is -2.10. The largest absolute Gasteiger partial charge is 0.469 e. The van der Waals surface area contributed by atoms with E-state index in [-0.39, 0.29) is 17.3 Å². The number of hydrogen-bond donors (Lipinski definition) is 0. The molecule has 0 aliphatic heterocycles. The van der Waals surface area contributed by atoms with Crippen molar-refractivity contribution in [2.24, 2.45) is 0 Å². The molecule has 22 heavy (non-hydrogen) atoms. The zero-order valence-electron chi connectivity index (χ0n) is 12.5. The zero-order valence-corrected chi connectivity index (χ0v) is 12.5. The van der Waals surface area contributed by atoms with Gasteiger partial charge in [0.05, 0.1) is 13.0 Å². The molecule has 0 bridgehead atoms. The summed E-state index contributed by atoms with van der Waals surface area (Å²) in [4.78, 5) is 24.4. The Labute approximate surface area is 128 Å². The molecule has 0 saturated heterocycles. The van der Waals surface area contributed by atoms with Crippen LogP contribution in [0.4, 0.5) is 0 Å². The minimum absolute atomic E-state index is 0.00729. The summed E-state index contributed by atoms with van der Waals surface area (Å²) in [7, 11) is 1.38. The first-order valence-electron chi connectivity index (χ1n) is 7.15. The molecule has 0 heterocycles. The van der Waals surface area contributed by atoms with E-state index in [1.807, 2.05) is 48.5 Å². The van der Waals surface area contributed by atoms with Gasteiger partial charge in [-0.15, -0.1) is 0 Å². The van der Waals surface area contributed by atoms with Crippen molar-refractivity contribution < 1.29 is 9.53 Å². The molecule has 110 valence electrons. The highest BCUT2D eigenvalue weighted by atomic mass is 16.5. The van der Waals surface area contributed by atoms with E-state index in [9.17, 15) is 9.59 Å². The summed E-state index contributed by atoms with van der Waals surface area (Å²) in [6.45, 7) is 1.80. The highest BCUT2D eigenvalue weighted by Crippen LogP contribution is 2.22. The molecule has 0 aliphatic rings. The maximum atomic E-state index is 12.7. The second-order valence-electron chi connectivity index (χ2n) is 5.34. The van der Waals surface area contributed by atoms with Crippen molar-refractivity contribution >= 4 is 27.5 Å². The molecule has 0 unspecified atom stereocenters. The third-order valence-corrected chi connectivity index (χ3v) is 4.02. The van der Waals surface area contributed by atoms with Gasteiger partial charge in [-0.1, -0.05) is 54.6 Å². The van der Waals surface area contributed by atoms with Crippen molar-refractivity contribution in [3.63, 3.8) is 0 Å². The fraction of sp³-hybridized carbons (Fsp3) is 0.158. The van der Waals surface area contributed by atoms with E-state index < -0.39 is 0 Å². The van der Waals surface area contributed by atoms with Gasteiger partial charge in [0, 0.05) is 10.8 Å². The van der Waals surface area contributed by atoms with E-state index in [1.54, 1.807) is 13.0 Å². The van der Waals surface area contributed by atoms with Gasteiger partial charge < -0.3 is 4.74 Å². The first-order valence-corrected chi connectivity index (χ1v) is 7.15. The van der Waals surface area contributed by atoms with Crippen LogP contribution >= 0.6 is 0 Å². The van der Waals surface area contributed by atoms with Gasteiger partial charge in [-0.25, -0.2) is 0 Å². The van der Waals surface area contributed by atoms with E-state index in [0.29, 0.717) is 10.8 Å². The van der Waals surface area contributed by atoms with Gasteiger partial charge in [-0.05, 0) is 23.3 Å². The summed E-state index contributed by atoms with van der Waals surface area (Å²) in [6.07, 6.45) is 0. The number of fused-ring (bicyclic) bond motifs is 2. The van der Waals surface area contributed by atoms with Gasteiger partial charge >= 0.3 is 5.97 Å². The monoisotopic (exact) mass is 292 g/mol. The van der Waals surface area contributed by atoms with Crippen LogP contribution in [0.2, 0.25) is 0 Å². The SMILES string of the molecule is COC(=O)[C@H](C)c1ccc2c(=O)c3ccccc3ccc2c1. The molecule has 0 fully saturated rings. The first kappa shape index (κ1) is 14.3. The van der Waals surface area contributed by atoms with Crippen LogP contribution in [0.15, 0.2) is 59.4 Å². The van der Waals surface area contributed by atoms with Crippen LogP contribution < -0.4 is 5.43 Å². The Kier molecular flexibility index (Phi) is 3.63. The lowest BCUT2D eigenvalue weighted by Gasteiger charge is -2.09. The molecule has 3 nitrogen and oxygen atoms in total. The van der Waals surface area contributed by atoms with E-state index >= 15 is 0 Å². The van der Waals surface area contributed by atoms with E-state index in [0.717, 1.165) is 16.3 Å². The lowest BCUT2D eigenvalue weighted by molar-refractivity contribution is -0.141. The van der Waals surface area contributed by atoms with Gasteiger partial charge in [0.15, 0.2) is 5.43 Å². The third kappa shape index (κ3) is 2.35. The van der Waals surface area contributed by atoms with Gasteiger partial charge in [-0.3, -0.25) is 9.59 Å². The number of methoxy groups -OCH3 is 1. The summed E-state index contributed by atoms with van der Waals surface area (Å²) in [5.41, 5.74) is 0.849. The van der Waals surface area contributed by atoms with Gasteiger partial charge in [0.2, 0.25) is 0 Å². The van der Waals surface area contributed by atoms with E-state index in [4.69, 9.17) is 4.74 Å². The number of ether oxygens (including phenoxy) is 1. The molecule has 0 radical (unpaired) electrons. The zero-order chi connectivity index (χ0) is 15.7. The molecular formula is C19H16O3. The topological polar surface area (TPSA) is 43.4 Å². The number of esters is 1. The summed E-state index contributed by atoms with van der Waals surface area (Å²) in [6, 6.07) is 16.9. The Bertz CT molecular complexity index is 928. The molecule has 0 amide bonds. The van der Waals surface area contributed by atoms with Crippen molar-refractivity contribution in [3.05, 3.63) is 70.4 Å². The molecule has 3 heteroatoms. The first-order chi connectivity index (χ1) is 10.6. The number of carbonyl (C=O) groups excluding carboxylic acids is 1. The van der Waals surface area contributed by atoms with Crippen LogP contribution in [0.5, 0.6) is 0 Å². The Morgan fingerprint density at radius 2 is 1.64 bits per heavy atom. The molecule has 3 aromatic rings. The maximum Gasteiger partial charge on any atom is 0.312 e. The number of carbonyl (C=O) groups is 1. The molecule has 1 atom stereocenters. The fourth-order valence-electron chi connectivity index (χ4n) is 2.68. The standard InChI is InChI=1S/C19H16O3/c1-12(19(21)22-2)14-9-10-17-15(11-14)8-7-13-5-3-4-6-16(13)18(17)20/h3-12H,1-2H3/t12-/m1/s1. The van der Waals surface area contributed by atoms with Crippen LogP contribution in [-0.4, -0.2) is 13.1 Å². The third-order valence-electron chi connectivity index (χ3n) is 4.02. The average Bonchev–Trinajstić information content (AvgIpc) is 2.71. The van der Waals surface area contributed by atoms with Gasteiger partial charge in [-0.2, -0.15) is 0 Å². The van der Waals surface area contributed by atoms with Crippen LogP contribution in [0.1, 0.15) is 18.4 Å². The fourth-order valence-corrected chi connectivity index (χ4v) is 2.68. The molecule has 0 spiro atoms. The van der Waals surface area contributed by atoms with Crippen molar-refractivity contribution in [1.82, 2.24) is 0 Å². The molecule has 0 saturated carbocycles. The molecule has 0 aromatic heterocycles. The summed E-state index contributed by atoms with van der Waals surface area (Å²) < 4.78 is 4.78. The van der Waals surface area contributed by atoms with Gasteiger partial charge in [0.25, 0.3) is 0 Å². The van der Waals surface area contributed by atoms with Gasteiger partial charge in [0.1, 0.15) is 0 Å². The van der Waals surface area contributed by atoms with Crippen molar-refractivity contribution in [3.8, 4) is 0 Å². The van der Waals surface area contributed by atoms with Crippen LogP contribution in [-0.2, 0) is 9.53 Å². The molecule has 0 N–H and O–H groups in total. The summed E-state index contributed by atoms with van der Waals surface area (Å²) in [5, 5.41) is 3.09. The van der Waals surface area contributed by atoms with Crippen LogP contribution in [0, 0.1) is 0 Å². The highest BCUT2D eigenvalue weighted by molar-refractivity contribution is 5.94. The van der Waals surface area contributed by atoms with Crippen LogP contribution in [0.25, 0.3) is 21.5 Å². The molecule has 3 aromatic carbocycles.